The molecule has 1 unspecified atom stereocenters. The Morgan fingerprint density at radius 2 is 1.43 bits per heavy atom. The highest BCUT2D eigenvalue weighted by atomic mass is 19.4. The third kappa shape index (κ3) is 3.71. The van der Waals surface area contributed by atoms with Crippen LogP contribution in [0.25, 0.3) is 0 Å². The fraction of sp³-hybridized carbons (Fsp3) is 0.875. The maximum Gasteiger partial charge on any atom is 0.460 e. The van der Waals surface area contributed by atoms with E-state index in [9.17, 15) is 53.8 Å². The van der Waals surface area contributed by atoms with Crippen LogP contribution in [0.5, 0.6) is 0 Å². The minimum absolute atomic E-state index is 0.000355. The lowest BCUT2D eigenvalue weighted by atomic mass is 9.45. The number of fused-ring (bicyclic) bond motifs is 5. The molecule has 0 spiro atoms. The largest absolute Gasteiger partial charge is 0.460 e. The Kier molecular flexibility index (Phi) is 6.25. The second kappa shape index (κ2) is 8.08. The van der Waals surface area contributed by atoms with E-state index in [1.165, 1.54) is 6.08 Å². The fourth-order valence-electron chi connectivity index (χ4n) is 7.75. The van der Waals surface area contributed by atoms with Crippen LogP contribution in [0.3, 0.4) is 0 Å². The van der Waals surface area contributed by atoms with Crippen molar-refractivity contribution in [2.75, 3.05) is 0 Å². The van der Waals surface area contributed by atoms with Gasteiger partial charge in [0.05, 0.1) is 5.60 Å². The number of carbonyl (C=O) groups excluding carboxylic acids is 1. The van der Waals surface area contributed by atoms with Crippen LogP contribution in [0.2, 0.25) is 0 Å². The highest BCUT2D eigenvalue weighted by Gasteiger charge is 2.88. The minimum Gasteiger partial charge on any atom is -0.354 e. The molecule has 0 radical (unpaired) electrons. The summed E-state index contributed by atoms with van der Waals surface area (Å²) >= 11 is 0. The van der Waals surface area contributed by atoms with E-state index in [1.54, 1.807) is 13.8 Å². The number of alkyl halides is 10. The molecule has 4 aliphatic rings. The molecule has 0 aliphatic heterocycles. The highest BCUT2D eigenvalue weighted by Crippen LogP contribution is 2.70. The average molecular weight is 554 g/mol. The lowest BCUT2D eigenvalue weighted by molar-refractivity contribution is -0.508. The number of carbonyl (C=O) groups is 1. The summed E-state index contributed by atoms with van der Waals surface area (Å²) in [6, 6.07) is 0. The van der Waals surface area contributed by atoms with Crippen LogP contribution in [-0.2, 0) is 9.53 Å². The van der Waals surface area contributed by atoms with Gasteiger partial charge in [0.15, 0.2) is 5.78 Å². The van der Waals surface area contributed by atoms with E-state index in [-0.39, 0.29) is 37.9 Å². The van der Waals surface area contributed by atoms with Crippen LogP contribution in [0.1, 0.15) is 71.6 Å². The Bertz CT molecular complexity index is 988. The smallest absolute Gasteiger partial charge is 0.354 e. The monoisotopic (exact) mass is 554 g/mol. The first-order chi connectivity index (χ1) is 16.6. The van der Waals surface area contributed by atoms with Gasteiger partial charge in [-0.1, -0.05) is 25.8 Å². The van der Waals surface area contributed by atoms with Gasteiger partial charge in [-0.15, -0.1) is 0 Å². The summed E-state index contributed by atoms with van der Waals surface area (Å²) in [7, 11) is 0. The first-order valence-electron chi connectivity index (χ1n) is 12.1. The number of hydrogen-bond acceptors (Lipinski definition) is 3. The Labute approximate surface area is 206 Å². The van der Waals surface area contributed by atoms with E-state index >= 15 is 0 Å². The molecule has 0 aromatic heterocycles. The van der Waals surface area contributed by atoms with Crippen molar-refractivity contribution in [2.24, 2.45) is 22.7 Å². The van der Waals surface area contributed by atoms with Gasteiger partial charge in [-0.25, -0.2) is 0 Å². The normalized spacial score (nSPS) is 38.8. The van der Waals surface area contributed by atoms with Crippen molar-refractivity contribution in [3.63, 3.8) is 0 Å². The van der Waals surface area contributed by atoms with Gasteiger partial charge in [0, 0.05) is 6.42 Å². The second-order valence-corrected chi connectivity index (χ2v) is 11.6. The summed E-state index contributed by atoms with van der Waals surface area (Å²) < 4.78 is 144. The summed E-state index contributed by atoms with van der Waals surface area (Å²) in [6.07, 6.45) is -11.3. The molecule has 0 aromatic rings. The molecular weight excluding hydrogens is 526 g/mol. The summed E-state index contributed by atoms with van der Waals surface area (Å²) in [5.41, 5.74) is -3.54. The van der Waals surface area contributed by atoms with Crippen molar-refractivity contribution in [1.82, 2.24) is 0 Å². The standard InChI is InChI=1S/C24H28F10O3/c1-17-8-3-4-15(17)19(11-5-13-12-14(35)6-10-18(13,2)16(19)7-9-17)37-22(36,24(32,33)34)20(25,26)21(27,28)23(29,30)31/h12,15-16,36H,3-11H2,1-2H3/t15-,16-,17+,18+,19-,22?/m1/s1. The van der Waals surface area contributed by atoms with Crippen molar-refractivity contribution in [3.8, 4) is 0 Å². The molecule has 0 bridgehead atoms. The Morgan fingerprint density at radius 3 is 2.00 bits per heavy atom. The third-order valence-corrected chi connectivity index (χ3v) is 9.68. The lowest BCUT2D eigenvalue weighted by Gasteiger charge is -2.64. The molecule has 4 aliphatic carbocycles. The van der Waals surface area contributed by atoms with Gasteiger partial charge in [-0.2, -0.15) is 43.9 Å². The van der Waals surface area contributed by atoms with Gasteiger partial charge in [0.1, 0.15) is 0 Å². The number of allylic oxidation sites excluding steroid dienone is 1. The minimum atomic E-state index is -7.26. The predicted molar refractivity (Wildman–Crippen MR) is 109 cm³/mol. The SMILES string of the molecule is C[C@@]12CCC[C@H]1[C@]1(OC(O)(C(F)(F)F)C(F)(F)C(F)(F)C(F)(F)F)CCC3=CC(=O)CC[C@]3(C)[C@H]1CC2. The fourth-order valence-corrected chi connectivity index (χ4v) is 7.75. The number of rotatable bonds is 4. The summed E-state index contributed by atoms with van der Waals surface area (Å²) in [5.74, 6) is -22.7. The zero-order valence-electron chi connectivity index (χ0n) is 20.1. The zero-order valence-corrected chi connectivity index (χ0v) is 20.1. The molecule has 13 heteroatoms. The second-order valence-electron chi connectivity index (χ2n) is 11.6. The van der Waals surface area contributed by atoms with Crippen LogP contribution in [0, 0.1) is 22.7 Å². The van der Waals surface area contributed by atoms with Crippen LogP contribution in [-0.4, -0.2) is 46.5 Å². The molecule has 0 amide bonds. The Morgan fingerprint density at radius 1 is 0.811 bits per heavy atom. The molecule has 4 rings (SSSR count). The molecular formula is C24H28F10O3. The first-order valence-corrected chi connectivity index (χ1v) is 12.1. The summed E-state index contributed by atoms with van der Waals surface area (Å²) in [4.78, 5) is 12.0. The van der Waals surface area contributed by atoms with Crippen molar-refractivity contribution in [2.45, 2.75) is 107 Å². The molecule has 3 nitrogen and oxygen atoms in total. The summed E-state index contributed by atoms with van der Waals surface area (Å²) in [5, 5.41) is 10.3. The van der Waals surface area contributed by atoms with E-state index in [2.05, 4.69) is 0 Å². The molecule has 3 fully saturated rings. The number of ketones is 1. The van der Waals surface area contributed by atoms with Gasteiger partial charge in [0.25, 0.3) is 0 Å². The van der Waals surface area contributed by atoms with Crippen LogP contribution >= 0.6 is 0 Å². The van der Waals surface area contributed by atoms with Gasteiger partial charge in [-0.05, 0) is 73.7 Å². The molecule has 6 atom stereocenters. The number of ether oxygens (including phenoxy) is 1. The maximum absolute atomic E-state index is 14.9. The van der Waals surface area contributed by atoms with E-state index in [4.69, 9.17) is 4.74 Å². The Balaban J connectivity index is 1.92. The third-order valence-electron chi connectivity index (χ3n) is 9.68. The number of hydrogen-bond donors (Lipinski definition) is 1. The van der Waals surface area contributed by atoms with Crippen molar-refractivity contribution < 1.29 is 58.5 Å². The van der Waals surface area contributed by atoms with Crippen LogP contribution in [0.4, 0.5) is 43.9 Å². The van der Waals surface area contributed by atoms with Crippen LogP contribution < -0.4 is 0 Å². The average Bonchev–Trinajstić information content (AvgIpc) is 3.15. The molecule has 0 heterocycles. The molecule has 0 aromatic carbocycles. The van der Waals surface area contributed by atoms with Crippen molar-refractivity contribution in [1.29, 1.82) is 0 Å². The first kappa shape index (κ1) is 28.6. The topological polar surface area (TPSA) is 46.5 Å². The number of aliphatic hydroxyl groups is 1. The summed E-state index contributed by atoms with van der Waals surface area (Å²) in [6.45, 7) is 3.33. The highest BCUT2D eigenvalue weighted by molar-refractivity contribution is 5.91. The van der Waals surface area contributed by atoms with E-state index in [0.29, 0.717) is 24.8 Å². The van der Waals surface area contributed by atoms with Crippen molar-refractivity contribution in [3.05, 3.63) is 11.6 Å². The molecule has 0 saturated heterocycles. The zero-order chi connectivity index (χ0) is 28.1. The van der Waals surface area contributed by atoms with Gasteiger partial charge in [-0.3, -0.25) is 4.79 Å². The van der Waals surface area contributed by atoms with Crippen LogP contribution in [0.15, 0.2) is 11.6 Å². The van der Waals surface area contributed by atoms with Gasteiger partial charge >= 0.3 is 30.0 Å². The molecule has 37 heavy (non-hydrogen) atoms. The molecule has 1 N–H and O–H groups in total. The number of halogens is 10. The molecule has 3 saturated carbocycles. The van der Waals surface area contributed by atoms with Gasteiger partial charge < -0.3 is 9.84 Å². The molecule has 212 valence electrons. The lowest BCUT2D eigenvalue weighted by Crippen LogP contribution is -2.75. The quantitative estimate of drug-likeness (QED) is 0.297. The Hall–Kier alpha value is -1.37. The van der Waals surface area contributed by atoms with Gasteiger partial charge in [0.2, 0.25) is 0 Å². The van der Waals surface area contributed by atoms with E-state index in [1.807, 2.05) is 0 Å². The van der Waals surface area contributed by atoms with E-state index in [0.717, 1.165) is 0 Å². The van der Waals surface area contributed by atoms with E-state index < -0.39 is 64.7 Å². The maximum atomic E-state index is 14.9. The predicted octanol–water partition coefficient (Wildman–Crippen LogP) is 7.13. The van der Waals surface area contributed by atoms with Crippen molar-refractivity contribution >= 4 is 5.78 Å².